The van der Waals surface area contributed by atoms with E-state index in [9.17, 15) is 9.59 Å². The number of piperazine rings is 1. The maximum absolute atomic E-state index is 13.6. The second-order valence-electron chi connectivity index (χ2n) is 12.4. The Morgan fingerprint density at radius 1 is 1.00 bits per heavy atom. The second kappa shape index (κ2) is 14.3. The Morgan fingerprint density at radius 3 is 2.52 bits per heavy atom. The Labute approximate surface area is 269 Å². The number of carbonyl (C=O) groups is 2. The summed E-state index contributed by atoms with van der Waals surface area (Å²) in [7, 11) is 4.02. The van der Waals surface area contributed by atoms with Gasteiger partial charge >= 0.3 is 0 Å². The number of likely N-dealkylation sites (N-methyl/N-ethyl adjacent to an activating group) is 1. The Kier molecular flexibility index (Phi) is 9.82. The highest BCUT2D eigenvalue weighted by atomic mass is 16.5. The van der Waals surface area contributed by atoms with Crippen molar-refractivity contribution in [1.82, 2.24) is 34.4 Å². The SMILES string of the molecule is CCOc1cccc(Cn2ncc3c(N4CCN(C(=O)[C@H]5CC[C@H](N(CCN(C)C)C(=O)c6ccco6)CC5)CC4)ncnc32)c1. The van der Waals surface area contributed by atoms with Gasteiger partial charge in [-0.1, -0.05) is 12.1 Å². The number of amides is 2. The van der Waals surface area contributed by atoms with Crippen LogP contribution in [0.2, 0.25) is 0 Å². The maximum Gasteiger partial charge on any atom is 0.289 e. The minimum absolute atomic E-state index is 0.0116. The lowest BCUT2D eigenvalue weighted by molar-refractivity contribution is -0.137. The summed E-state index contributed by atoms with van der Waals surface area (Å²) < 4.78 is 13.0. The second-order valence-corrected chi connectivity index (χ2v) is 12.4. The van der Waals surface area contributed by atoms with Crippen LogP contribution < -0.4 is 9.64 Å². The van der Waals surface area contributed by atoms with Crippen LogP contribution in [-0.2, 0) is 11.3 Å². The summed E-state index contributed by atoms with van der Waals surface area (Å²) in [6.07, 6.45) is 8.17. The molecule has 0 atom stereocenters. The van der Waals surface area contributed by atoms with Crippen molar-refractivity contribution in [2.24, 2.45) is 5.92 Å². The zero-order chi connectivity index (χ0) is 32.0. The largest absolute Gasteiger partial charge is 0.494 e. The molecule has 2 aliphatic rings. The summed E-state index contributed by atoms with van der Waals surface area (Å²) in [6, 6.07) is 11.6. The molecule has 4 aromatic rings. The number of hydrogen-bond donors (Lipinski definition) is 0. The third-order valence-electron chi connectivity index (χ3n) is 9.11. The smallest absolute Gasteiger partial charge is 0.289 e. The zero-order valence-corrected chi connectivity index (χ0v) is 27.0. The summed E-state index contributed by atoms with van der Waals surface area (Å²) in [5.74, 6) is 2.21. The summed E-state index contributed by atoms with van der Waals surface area (Å²) in [6.45, 7) is 7.28. The molecule has 3 aromatic heterocycles. The monoisotopic (exact) mass is 628 g/mol. The third-order valence-corrected chi connectivity index (χ3v) is 9.11. The van der Waals surface area contributed by atoms with Gasteiger partial charge in [0.1, 0.15) is 17.9 Å². The van der Waals surface area contributed by atoms with E-state index in [1.807, 2.05) is 59.9 Å². The fraction of sp³-hybridized carbons (Fsp3) is 0.500. The molecule has 0 N–H and O–H groups in total. The first-order valence-electron chi connectivity index (χ1n) is 16.3. The van der Waals surface area contributed by atoms with Crippen molar-refractivity contribution in [3.63, 3.8) is 0 Å². The predicted octanol–water partition coefficient (Wildman–Crippen LogP) is 3.78. The number of fused-ring (bicyclic) bond motifs is 1. The molecule has 1 aliphatic carbocycles. The number of carbonyl (C=O) groups excluding carboxylic acids is 2. The Bertz CT molecular complexity index is 1600. The van der Waals surface area contributed by atoms with Crippen LogP contribution in [-0.4, -0.2) is 112 Å². The van der Waals surface area contributed by atoms with E-state index in [2.05, 4.69) is 30.9 Å². The number of rotatable bonds is 11. The van der Waals surface area contributed by atoms with Crippen LogP contribution >= 0.6 is 0 Å². The lowest BCUT2D eigenvalue weighted by atomic mass is 9.84. The molecular formula is C34H44N8O4. The van der Waals surface area contributed by atoms with E-state index < -0.39 is 0 Å². The first-order valence-corrected chi connectivity index (χ1v) is 16.3. The molecule has 244 valence electrons. The Hall–Kier alpha value is -4.45. The molecule has 12 nitrogen and oxygen atoms in total. The molecule has 0 spiro atoms. The van der Waals surface area contributed by atoms with Crippen LogP contribution in [0.3, 0.4) is 0 Å². The van der Waals surface area contributed by atoms with E-state index in [4.69, 9.17) is 9.15 Å². The lowest BCUT2D eigenvalue weighted by Gasteiger charge is -2.40. The van der Waals surface area contributed by atoms with Gasteiger partial charge in [0, 0.05) is 51.2 Å². The van der Waals surface area contributed by atoms with Crippen molar-refractivity contribution < 1.29 is 18.7 Å². The molecule has 1 aliphatic heterocycles. The number of hydrogen-bond acceptors (Lipinski definition) is 9. The fourth-order valence-electron chi connectivity index (χ4n) is 6.65. The minimum atomic E-state index is -0.0714. The molecule has 0 radical (unpaired) electrons. The lowest BCUT2D eigenvalue weighted by Crippen LogP contribution is -2.52. The number of nitrogens with zero attached hydrogens (tertiary/aromatic N) is 8. The number of ether oxygens (including phenoxy) is 1. The molecule has 12 heteroatoms. The van der Waals surface area contributed by atoms with Crippen LogP contribution in [0, 0.1) is 5.92 Å². The summed E-state index contributed by atoms with van der Waals surface area (Å²) >= 11 is 0. The topological polar surface area (TPSA) is 113 Å². The Balaban J connectivity index is 1.04. The molecule has 1 aromatic carbocycles. The van der Waals surface area contributed by atoms with Gasteiger partial charge in [-0.25, -0.2) is 14.6 Å². The highest BCUT2D eigenvalue weighted by molar-refractivity contribution is 5.91. The van der Waals surface area contributed by atoms with Gasteiger partial charge in [0.2, 0.25) is 5.91 Å². The minimum Gasteiger partial charge on any atom is -0.494 e. The van der Waals surface area contributed by atoms with E-state index in [0.717, 1.165) is 60.4 Å². The average molecular weight is 629 g/mol. The van der Waals surface area contributed by atoms with Crippen molar-refractivity contribution in [1.29, 1.82) is 0 Å². The van der Waals surface area contributed by atoms with E-state index in [-0.39, 0.29) is 23.8 Å². The molecule has 1 saturated heterocycles. The summed E-state index contributed by atoms with van der Waals surface area (Å²) in [5, 5.41) is 5.55. The molecule has 1 saturated carbocycles. The van der Waals surface area contributed by atoms with Gasteiger partial charge < -0.3 is 28.8 Å². The van der Waals surface area contributed by atoms with Crippen LogP contribution in [0.4, 0.5) is 5.82 Å². The van der Waals surface area contributed by atoms with Crippen molar-refractivity contribution >= 4 is 28.7 Å². The van der Waals surface area contributed by atoms with E-state index in [1.165, 1.54) is 6.26 Å². The molecular weight excluding hydrogens is 584 g/mol. The summed E-state index contributed by atoms with van der Waals surface area (Å²) in [4.78, 5) is 44.3. The third kappa shape index (κ3) is 7.01. The van der Waals surface area contributed by atoms with Crippen LogP contribution in [0.25, 0.3) is 11.0 Å². The normalized spacial score (nSPS) is 18.7. The number of benzene rings is 1. The molecule has 0 unspecified atom stereocenters. The number of furan rings is 1. The van der Waals surface area contributed by atoms with Gasteiger partial charge in [0.25, 0.3) is 5.91 Å². The van der Waals surface area contributed by atoms with Gasteiger partial charge in [-0.3, -0.25) is 9.59 Å². The fourth-order valence-corrected chi connectivity index (χ4v) is 6.65. The first-order chi connectivity index (χ1) is 22.4. The van der Waals surface area contributed by atoms with E-state index in [1.54, 1.807) is 18.5 Å². The van der Waals surface area contributed by atoms with E-state index in [0.29, 0.717) is 51.6 Å². The van der Waals surface area contributed by atoms with Gasteiger partial charge in [-0.15, -0.1) is 0 Å². The van der Waals surface area contributed by atoms with Gasteiger partial charge in [-0.2, -0.15) is 5.10 Å². The molecule has 2 amide bonds. The standard InChI is InChI=1S/C34H44N8O4/c1-4-45-28-8-5-7-25(21-28)23-42-32-29(22-37-42)31(35-24-36-32)39-15-17-40(18-16-39)33(43)26-10-12-27(13-11-26)41(19-14-38(2)3)34(44)30-9-6-20-46-30/h5-9,20-22,24,26-27H,4,10-19,23H2,1-3H3/t26-,27-. The van der Waals surface area contributed by atoms with Crippen molar-refractivity contribution in [3.8, 4) is 5.75 Å². The molecule has 4 heterocycles. The van der Waals surface area contributed by atoms with E-state index >= 15 is 0 Å². The Morgan fingerprint density at radius 2 is 1.80 bits per heavy atom. The highest BCUT2D eigenvalue weighted by Crippen LogP contribution is 2.31. The quantitative estimate of drug-likeness (QED) is 0.245. The van der Waals surface area contributed by atoms with Crippen LogP contribution in [0.1, 0.15) is 48.7 Å². The van der Waals surface area contributed by atoms with Crippen molar-refractivity contribution in [3.05, 3.63) is 66.5 Å². The summed E-state index contributed by atoms with van der Waals surface area (Å²) in [5.41, 5.74) is 1.87. The molecule has 0 bridgehead atoms. The maximum atomic E-state index is 13.6. The van der Waals surface area contributed by atoms with Crippen molar-refractivity contribution in [2.45, 2.75) is 45.2 Å². The average Bonchev–Trinajstić information content (AvgIpc) is 3.76. The van der Waals surface area contributed by atoms with Gasteiger partial charge in [0.05, 0.1) is 31.0 Å². The van der Waals surface area contributed by atoms with Crippen LogP contribution in [0.5, 0.6) is 5.75 Å². The van der Waals surface area contributed by atoms with Crippen molar-refractivity contribution in [2.75, 3.05) is 64.9 Å². The molecule has 46 heavy (non-hydrogen) atoms. The molecule has 6 rings (SSSR count). The number of anilines is 1. The molecule has 2 fully saturated rings. The number of aromatic nitrogens is 4. The zero-order valence-electron chi connectivity index (χ0n) is 27.0. The first kappa shape index (κ1) is 31.5. The van der Waals surface area contributed by atoms with Crippen LogP contribution in [0.15, 0.2) is 59.6 Å². The van der Waals surface area contributed by atoms with Gasteiger partial charge in [0.15, 0.2) is 11.4 Å². The van der Waals surface area contributed by atoms with Gasteiger partial charge in [-0.05, 0) is 76.5 Å². The predicted molar refractivity (Wildman–Crippen MR) is 175 cm³/mol. The highest BCUT2D eigenvalue weighted by Gasteiger charge is 2.35.